The number of nitrogens with zero attached hydrogens (tertiary/aromatic N) is 3. The van der Waals surface area contributed by atoms with Gasteiger partial charge in [-0.2, -0.15) is 5.26 Å². The largest absolute Gasteiger partial charge is 0.327 e. The summed E-state index contributed by atoms with van der Waals surface area (Å²) in [6, 6.07) is 10.7. The van der Waals surface area contributed by atoms with Crippen LogP contribution in [0.3, 0.4) is 0 Å². The fourth-order valence-electron chi connectivity index (χ4n) is 2.20. The van der Waals surface area contributed by atoms with Crippen molar-refractivity contribution in [2.45, 2.75) is 0 Å². The zero-order valence-electron chi connectivity index (χ0n) is 10.6. The van der Waals surface area contributed by atoms with Gasteiger partial charge in [0.25, 0.3) is 0 Å². The highest BCUT2D eigenvalue weighted by atomic mass is 19.1. The van der Waals surface area contributed by atoms with Crippen molar-refractivity contribution in [3.63, 3.8) is 0 Å². The highest BCUT2D eigenvalue weighted by molar-refractivity contribution is 5.82. The van der Waals surface area contributed by atoms with Crippen LogP contribution in [-0.2, 0) is 7.05 Å². The summed E-state index contributed by atoms with van der Waals surface area (Å²) >= 11 is 0. The fourth-order valence-corrected chi connectivity index (χ4v) is 2.20. The number of aryl methyl sites for hydroxylation is 1. The molecule has 0 saturated carbocycles. The van der Waals surface area contributed by atoms with Gasteiger partial charge in [0.1, 0.15) is 17.5 Å². The Bertz CT molecular complexity index is 839. The summed E-state index contributed by atoms with van der Waals surface area (Å²) in [7, 11) is 1.68. The van der Waals surface area contributed by atoms with Crippen LogP contribution in [0.5, 0.6) is 0 Å². The lowest BCUT2D eigenvalue weighted by molar-refractivity contribution is 0.586. The third-order valence-corrected chi connectivity index (χ3v) is 3.20. The number of nitriles is 1. The van der Waals surface area contributed by atoms with Crippen molar-refractivity contribution < 1.29 is 8.78 Å². The lowest BCUT2D eigenvalue weighted by Gasteiger charge is -2.05. The van der Waals surface area contributed by atoms with Crippen molar-refractivity contribution in [2.75, 3.05) is 0 Å². The number of imidazole rings is 1. The summed E-state index contributed by atoms with van der Waals surface area (Å²) in [5.74, 6) is -1.13. The average molecular weight is 269 g/mol. The minimum atomic E-state index is -0.663. The zero-order valence-corrected chi connectivity index (χ0v) is 10.6. The maximum Gasteiger partial charge on any atom is 0.146 e. The van der Waals surface area contributed by atoms with Crippen LogP contribution in [0, 0.1) is 23.0 Å². The zero-order chi connectivity index (χ0) is 14.3. The van der Waals surface area contributed by atoms with E-state index in [4.69, 9.17) is 5.26 Å². The van der Waals surface area contributed by atoms with Gasteiger partial charge in [0.15, 0.2) is 0 Å². The minimum absolute atomic E-state index is 0.162. The first kappa shape index (κ1) is 12.3. The molecule has 20 heavy (non-hydrogen) atoms. The molecule has 0 saturated heterocycles. The van der Waals surface area contributed by atoms with Gasteiger partial charge in [-0.15, -0.1) is 0 Å². The van der Waals surface area contributed by atoms with Crippen LogP contribution >= 0.6 is 0 Å². The third-order valence-electron chi connectivity index (χ3n) is 3.20. The Morgan fingerprint density at radius 3 is 2.50 bits per heavy atom. The predicted molar refractivity (Wildman–Crippen MR) is 70.8 cm³/mol. The number of rotatable bonds is 1. The van der Waals surface area contributed by atoms with E-state index in [0.717, 1.165) is 0 Å². The molecule has 0 aliphatic carbocycles. The minimum Gasteiger partial charge on any atom is -0.327 e. The topological polar surface area (TPSA) is 41.6 Å². The van der Waals surface area contributed by atoms with E-state index in [-0.39, 0.29) is 11.4 Å². The molecule has 98 valence electrons. The van der Waals surface area contributed by atoms with Crippen molar-refractivity contribution in [2.24, 2.45) is 7.05 Å². The molecule has 0 atom stereocenters. The quantitative estimate of drug-likeness (QED) is 0.679. The molecule has 0 bridgehead atoms. The molecule has 0 aliphatic heterocycles. The van der Waals surface area contributed by atoms with Gasteiger partial charge in [-0.25, -0.2) is 13.8 Å². The maximum absolute atomic E-state index is 13.8. The van der Waals surface area contributed by atoms with Crippen molar-refractivity contribution in [1.29, 1.82) is 5.26 Å². The van der Waals surface area contributed by atoms with Gasteiger partial charge in [0.2, 0.25) is 0 Å². The molecule has 2 aromatic carbocycles. The molecule has 1 aromatic heterocycles. The first-order valence-electron chi connectivity index (χ1n) is 5.93. The van der Waals surface area contributed by atoms with Crippen molar-refractivity contribution in [1.82, 2.24) is 9.55 Å². The van der Waals surface area contributed by atoms with Crippen LogP contribution in [0.1, 0.15) is 5.56 Å². The first-order chi connectivity index (χ1) is 9.61. The maximum atomic E-state index is 13.8. The highest BCUT2D eigenvalue weighted by Gasteiger charge is 2.17. The van der Waals surface area contributed by atoms with Crippen LogP contribution in [0.25, 0.3) is 22.4 Å². The van der Waals surface area contributed by atoms with Gasteiger partial charge < -0.3 is 4.57 Å². The molecule has 0 amide bonds. The number of hydrogen-bond donors (Lipinski definition) is 0. The Kier molecular flexibility index (Phi) is 2.72. The Hall–Kier alpha value is -2.74. The highest BCUT2D eigenvalue weighted by Crippen LogP contribution is 2.28. The van der Waals surface area contributed by atoms with Crippen molar-refractivity contribution in [3.8, 4) is 17.5 Å². The van der Waals surface area contributed by atoms with Gasteiger partial charge in [0, 0.05) is 7.05 Å². The Morgan fingerprint density at radius 1 is 1.15 bits per heavy atom. The molecule has 0 fully saturated rings. The van der Waals surface area contributed by atoms with Crippen molar-refractivity contribution >= 4 is 11.0 Å². The summed E-state index contributed by atoms with van der Waals surface area (Å²) in [6.07, 6.45) is 0. The summed E-state index contributed by atoms with van der Waals surface area (Å²) in [6.45, 7) is 0. The number of halogens is 2. The van der Waals surface area contributed by atoms with Gasteiger partial charge in [-0.05, 0) is 30.3 Å². The molecule has 0 N–H and O–H groups in total. The molecular weight excluding hydrogens is 260 g/mol. The number of fused-ring (bicyclic) bond motifs is 1. The molecular formula is C15H9F2N3. The van der Waals surface area contributed by atoms with E-state index >= 15 is 0 Å². The summed E-state index contributed by atoms with van der Waals surface area (Å²) in [5.41, 5.74) is 1.53. The molecule has 5 heteroatoms. The van der Waals surface area contributed by atoms with E-state index in [2.05, 4.69) is 4.98 Å². The molecule has 1 heterocycles. The molecule has 0 aliphatic rings. The molecule has 3 rings (SSSR count). The van der Waals surface area contributed by atoms with Gasteiger partial charge in [0.05, 0.1) is 28.2 Å². The van der Waals surface area contributed by atoms with E-state index in [1.807, 2.05) is 6.07 Å². The van der Waals surface area contributed by atoms with E-state index in [0.29, 0.717) is 16.6 Å². The monoisotopic (exact) mass is 269 g/mol. The Labute approximate surface area is 113 Å². The summed E-state index contributed by atoms with van der Waals surface area (Å²) < 4.78 is 29.3. The second kappa shape index (κ2) is 4.42. The average Bonchev–Trinajstić information content (AvgIpc) is 2.75. The van der Waals surface area contributed by atoms with Crippen LogP contribution < -0.4 is 0 Å². The molecule has 3 nitrogen and oxygen atoms in total. The molecule has 3 aromatic rings. The Morgan fingerprint density at radius 2 is 1.85 bits per heavy atom. The normalized spacial score (nSPS) is 10.7. The van der Waals surface area contributed by atoms with Crippen LogP contribution in [0.2, 0.25) is 0 Å². The predicted octanol–water partition coefficient (Wildman–Crippen LogP) is 3.39. The molecule has 0 unspecified atom stereocenters. The van der Waals surface area contributed by atoms with Gasteiger partial charge in [-0.3, -0.25) is 0 Å². The lowest BCUT2D eigenvalue weighted by atomic mass is 10.2. The second-order valence-electron chi connectivity index (χ2n) is 4.41. The SMILES string of the molecule is Cn1c(-c2c(F)cccc2F)nc2cc(C#N)ccc21. The third kappa shape index (κ3) is 1.74. The van der Waals surface area contributed by atoms with Crippen LogP contribution in [-0.4, -0.2) is 9.55 Å². The van der Waals surface area contributed by atoms with E-state index in [1.54, 1.807) is 29.8 Å². The lowest BCUT2D eigenvalue weighted by Crippen LogP contribution is -1.97. The standard InChI is InChI=1S/C15H9F2N3/c1-20-13-6-5-9(8-18)7-12(13)19-15(20)14-10(16)3-2-4-11(14)17/h2-7H,1H3. The second-order valence-corrected chi connectivity index (χ2v) is 4.41. The number of hydrogen-bond acceptors (Lipinski definition) is 2. The van der Waals surface area contributed by atoms with Crippen LogP contribution in [0.15, 0.2) is 36.4 Å². The molecule has 0 radical (unpaired) electrons. The summed E-state index contributed by atoms with van der Waals surface area (Å²) in [4.78, 5) is 4.24. The van der Waals surface area contributed by atoms with E-state index in [9.17, 15) is 8.78 Å². The smallest absolute Gasteiger partial charge is 0.146 e. The first-order valence-corrected chi connectivity index (χ1v) is 5.93. The number of aromatic nitrogens is 2. The van der Waals surface area contributed by atoms with E-state index < -0.39 is 11.6 Å². The van der Waals surface area contributed by atoms with Gasteiger partial charge in [-0.1, -0.05) is 6.07 Å². The molecule has 0 spiro atoms. The fraction of sp³-hybridized carbons (Fsp3) is 0.0667. The number of benzene rings is 2. The van der Waals surface area contributed by atoms with Gasteiger partial charge >= 0.3 is 0 Å². The summed E-state index contributed by atoms with van der Waals surface area (Å²) in [5, 5.41) is 8.87. The van der Waals surface area contributed by atoms with Crippen molar-refractivity contribution in [3.05, 3.63) is 53.6 Å². The Balaban J connectivity index is 2.33. The van der Waals surface area contributed by atoms with E-state index in [1.165, 1.54) is 18.2 Å². The van der Waals surface area contributed by atoms with Crippen LogP contribution in [0.4, 0.5) is 8.78 Å².